The van der Waals surface area contributed by atoms with Gasteiger partial charge < -0.3 is 4.52 Å². The molecule has 2 aromatic rings. The summed E-state index contributed by atoms with van der Waals surface area (Å²) in [5.41, 5.74) is 3.23. The summed E-state index contributed by atoms with van der Waals surface area (Å²) in [5, 5.41) is 3.67. The number of hydrogen-bond acceptors (Lipinski definition) is 3. The molecule has 4 heteroatoms. The highest BCUT2D eigenvalue weighted by molar-refractivity contribution is 6.28. The van der Waals surface area contributed by atoms with Crippen LogP contribution in [0.25, 0.3) is 11.5 Å². The molecule has 0 atom stereocenters. The second-order valence-corrected chi connectivity index (χ2v) is 3.58. The summed E-state index contributed by atoms with van der Waals surface area (Å²) in [6.45, 7) is 4.04. The van der Waals surface area contributed by atoms with E-state index < -0.39 is 0 Å². The van der Waals surface area contributed by atoms with Gasteiger partial charge in [-0.1, -0.05) is 17.2 Å². The number of benzene rings is 1. The van der Waals surface area contributed by atoms with Gasteiger partial charge in [-0.05, 0) is 42.7 Å². The Morgan fingerprint density at radius 1 is 1.14 bits per heavy atom. The van der Waals surface area contributed by atoms with Crippen LogP contribution in [0.5, 0.6) is 0 Å². The van der Waals surface area contributed by atoms with E-state index in [1.54, 1.807) is 0 Å². The Morgan fingerprint density at radius 2 is 1.79 bits per heavy atom. The molecule has 0 aliphatic heterocycles. The molecule has 0 saturated heterocycles. The SMILES string of the molecule is Cc1cc(C)cc(-c2nc(Cl)no2)c1. The highest BCUT2D eigenvalue weighted by Crippen LogP contribution is 2.21. The van der Waals surface area contributed by atoms with E-state index in [9.17, 15) is 0 Å². The Kier molecular flexibility index (Phi) is 2.25. The molecule has 3 nitrogen and oxygen atoms in total. The first-order chi connectivity index (χ1) is 6.65. The molecule has 0 saturated carbocycles. The molecule has 0 radical (unpaired) electrons. The van der Waals surface area contributed by atoms with Gasteiger partial charge in [0.2, 0.25) is 0 Å². The van der Waals surface area contributed by atoms with Gasteiger partial charge >= 0.3 is 0 Å². The summed E-state index contributed by atoms with van der Waals surface area (Å²) < 4.78 is 4.97. The van der Waals surface area contributed by atoms with E-state index >= 15 is 0 Å². The van der Waals surface area contributed by atoms with E-state index in [1.165, 1.54) is 0 Å². The minimum Gasteiger partial charge on any atom is -0.333 e. The quantitative estimate of drug-likeness (QED) is 0.723. The van der Waals surface area contributed by atoms with Crippen LogP contribution in [-0.4, -0.2) is 10.1 Å². The third-order valence-electron chi connectivity index (χ3n) is 1.87. The summed E-state index contributed by atoms with van der Waals surface area (Å²) in [6.07, 6.45) is 0. The molecule has 0 aliphatic carbocycles. The Hall–Kier alpha value is -1.35. The van der Waals surface area contributed by atoms with E-state index in [-0.39, 0.29) is 5.28 Å². The van der Waals surface area contributed by atoms with Gasteiger partial charge in [0, 0.05) is 5.56 Å². The Labute approximate surface area is 86.7 Å². The van der Waals surface area contributed by atoms with Crippen LogP contribution in [-0.2, 0) is 0 Å². The van der Waals surface area contributed by atoms with Gasteiger partial charge in [0.1, 0.15) is 0 Å². The van der Waals surface area contributed by atoms with Gasteiger partial charge in [-0.25, -0.2) is 0 Å². The van der Waals surface area contributed by atoms with Crippen molar-refractivity contribution in [2.45, 2.75) is 13.8 Å². The molecule has 0 aliphatic rings. The first-order valence-corrected chi connectivity index (χ1v) is 4.61. The molecule has 1 heterocycles. The molecule has 0 spiro atoms. The second kappa shape index (κ2) is 3.42. The minimum atomic E-state index is 0.138. The molecule has 72 valence electrons. The summed E-state index contributed by atoms with van der Waals surface area (Å²) in [5.74, 6) is 0.460. The molecule has 2 rings (SSSR count). The lowest BCUT2D eigenvalue weighted by atomic mass is 10.1. The first-order valence-electron chi connectivity index (χ1n) is 4.23. The van der Waals surface area contributed by atoms with Crippen LogP contribution in [0.4, 0.5) is 0 Å². The molecule has 0 N–H and O–H groups in total. The lowest BCUT2D eigenvalue weighted by Gasteiger charge is -1.99. The summed E-state index contributed by atoms with van der Waals surface area (Å²) in [6, 6.07) is 6.05. The van der Waals surface area contributed by atoms with E-state index in [0.29, 0.717) is 5.89 Å². The Balaban J connectivity index is 2.51. The fraction of sp³-hybridized carbons (Fsp3) is 0.200. The molecular weight excluding hydrogens is 200 g/mol. The zero-order valence-electron chi connectivity index (χ0n) is 7.91. The monoisotopic (exact) mass is 208 g/mol. The summed E-state index contributed by atoms with van der Waals surface area (Å²) >= 11 is 5.57. The number of hydrogen-bond donors (Lipinski definition) is 0. The van der Waals surface area contributed by atoms with E-state index in [2.05, 4.69) is 16.2 Å². The van der Waals surface area contributed by atoms with Crippen molar-refractivity contribution >= 4 is 11.6 Å². The minimum absolute atomic E-state index is 0.138. The maximum atomic E-state index is 5.57. The van der Waals surface area contributed by atoms with Gasteiger partial charge in [0.05, 0.1) is 0 Å². The van der Waals surface area contributed by atoms with Gasteiger partial charge in [0.25, 0.3) is 11.2 Å². The van der Waals surface area contributed by atoms with Gasteiger partial charge in [-0.3, -0.25) is 0 Å². The van der Waals surface area contributed by atoms with Crippen molar-refractivity contribution < 1.29 is 4.52 Å². The van der Waals surface area contributed by atoms with Crippen molar-refractivity contribution in [3.05, 3.63) is 34.6 Å². The zero-order valence-corrected chi connectivity index (χ0v) is 8.67. The van der Waals surface area contributed by atoms with Crippen molar-refractivity contribution in [2.24, 2.45) is 0 Å². The van der Waals surface area contributed by atoms with Crippen LogP contribution in [0.3, 0.4) is 0 Å². The third-order valence-corrected chi connectivity index (χ3v) is 2.02. The molecular formula is C10H9ClN2O. The lowest BCUT2D eigenvalue weighted by molar-refractivity contribution is 0.430. The summed E-state index contributed by atoms with van der Waals surface area (Å²) in [4.78, 5) is 3.95. The summed E-state index contributed by atoms with van der Waals surface area (Å²) in [7, 11) is 0. The molecule has 1 aromatic heterocycles. The molecule has 14 heavy (non-hydrogen) atoms. The molecule has 0 amide bonds. The highest BCUT2D eigenvalue weighted by atomic mass is 35.5. The zero-order chi connectivity index (χ0) is 10.1. The van der Waals surface area contributed by atoms with Crippen molar-refractivity contribution in [3.63, 3.8) is 0 Å². The fourth-order valence-electron chi connectivity index (χ4n) is 1.42. The lowest BCUT2D eigenvalue weighted by Crippen LogP contribution is -1.82. The third kappa shape index (κ3) is 1.77. The van der Waals surface area contributed by atoms with Crippen LogP contribution in [0.15, 0.2) is 22.7 Å². The van der Waals surface area contributed by atoms with Crippen molar-refractivity contribution in [1.82, 2.24) is 10.1 Å². The highest BCUT2D eigenvalue weighted by Gasteiger charge is 2.07. The van der Waals surface area contributed by atoms with E-state index in [1.807, 2.05) is 26.0 Å². The number of halogens is 1. The molecule has 0 unspecified atom stereocenters. The number of aromatic nitrogens is 2. The number of aryl methyl sites for hydroxylation is 2. The maximum absolute atomic E-state index is 5.57. The van der Waals surface area contributed by atoms with Gasteiger partial charge in [-0.15, -0.1) is 0 Å². The maximum Gasteiger partial charge on any atom is 0.264 e. The largest absolute Gasteiger partial charge is 0.333 e. The van der Waals surface area contributed by atoms with Crippen LogP contribution in [0.1, 0.15) is 11.1 Å². The van der Waals surface area contributed by atoms with Crippen LogP contribution in [0, 0.1) is 13.8 Å². The Morgan fingerprint density at radius 3 is 2.29 bits per heavy atom. The average Bonchev–Trinajstić information content (AvgIpc) is 2.50. The van der Waals surface area contributed by atoms with Crippen molar-refractivity contribution in [2.75, 3.05) is 0 Å². The van der Waals surface area contributed by atoms with E-state index in [4.69, 9.17) is 16.1 Å². The standard InChI is InChI=1S/C10H9ClN2O/c1-6-3-7(2)5-8(4-6)9-12-10(11)13-14-9/h3-5H,1-2H3. The van der Waals surface area contributed by atoms with Crippen molar-refractivity contribution in [3.8, 4) is 11.5 Å². The van der Waals surface area contributed by atoms with Gasteiger partial charge in [0.15, 0.2) is 0 Å². The normalized spacial score (nSPS) is 10.5. The number of rotatable bonds is 1. The van der Waals surface area contributed by atoms with Crippen LogP contribution < -0.4 is 0 Å². The molecule has 0 bridgehead atoms. The molecule has 1 aromatic carbocycles. The predicted octanol–water partition coefficient (Wildman–Crippen LogP) is 3.01. The predicted molar refractivity (Wildman–Crippen MR) is 54.2 cm³/mol. The topological polar surface area (TPSA) is 38.9 Å². The van der Waals surface area contributed by atoms with Gasteiger partial charge in [-0.2, -0.15) is 4.98 Å². The fourth-order valence-corrected chi connectivity index (χ4v) is 1.53. The van der Waals surface area contributed by atoms with Crippen LogP contribution >= 0.6 is 11.6 Å². The van der Waals surface area contributed by atoms with E-state index in [0.717, 1.165) is 16.7 Å². The first kappa shape index (κ1) is 9.21. The number of nitrogens with zero attached hydrogens (tertiary/aromatic N) is 2. The van der Waals surface area contributed by atoms with Crippen molar-refractivity contribution in [1.29, 1.82) is 0 Å². The average molecular weight is 209 g/mol. The molecule has 0 fully saturated rings. The smallest absolute Gasteiger partial charge is 0.264 e. The Bertz CT molecular complexity index is 445. The second-order valence-electron chi connectivity index (χ2n) is 3.24. The van der Waals surface area contributed by atoms with Crippen LogP contribution in [0.2, 0.25) is 5.28 Å².